The van der Waals surface area contributed by atoms with Gasteiger partial charge in [-0.2, -0.15) is 0 Å². The first-order valence-corrected chi connectivity index (χ1v) is 9.14. The number of carbonyl (C=O) groups excluding carboxylic acids is 1. The number of sulfonamides is 1. The highest BCUT2D eigenvalue weighted by Gasteiger charge is 2.17. The fourth-order valence-corrected chi connectivity index (χ4v) is 2.89. The fraction of sp³-hybridized carbons (Fsp3) is 0.278. The number of benzene rings is 2. The third kappa shape index (κ3) is 5.04. The molecule has 0 aromatic heterocycles. The molecule has 0 N–H and O–H groups in total. The van der Waals surface area contributed by atoms with Gasteiger partial charge in [0.2, 0.25) is 10.0 Å². The van der Waals surface area contributed by atoms with E-state index in [-0.39, 0.29) is 23.7 Å². The van der Waals surface area contributed by atoms with E-state index in [9.17, 15) is 13.2 Å². The van der Waals surface area contributed by atoms with Gasteiger partial charge >= 0.3 is 5.97 Å². The summed E-state index contributed by atoms with van der Waals surface area (Å²) >= 11 is 0. The molecule has 134 valence electrons. The maximum atomic E-state index is 12.0. The largest absolute Gasteiger partial charge is 0.490 e. The van der Waals surface area contributed by atoms with E-state index in [1.807, 2.05) is 31.2 Å². The third-order valence-electron chi connectivity index (χ3n) is 3.47. The quantitative estimate of drug-likeness (QED) is 0.558. The summed E-state index contributed by atoms with van der Waals surface area (Å²) in [5, 5.41) is 0. The zero-order valence-corrected chi connectivity index (χ0v) is 15.2. The van der Waals surface area contributed by atoms with Crippen LogP contribution in [-0.4, -0.2) is 46.0 Å². The van der Waals surface area contributed by atoms with E-state index >= 15 is 0 Å². The lowest BCUT2D eigenvalue weighted by molar-refractivity contribution is 0.0450. The molecule has 0 atom stereocenters. The Balaban J connectivity index is 1.85. The normalized spacial score (nSPS) is 11.4. The van der Waals surface area contributed by atoms with Crippen molar-refractivity contribution in [3.05, 3.63) is 59.7 Å². The van der Waals surface area contributed by atoms with E-state index in [2.05, 4.69) is 0 Å². The van der Waals surface area contributed by atoms with Crippen LogP contribution in [0.4, 0.5) is 0 Å². The predicted octanol–water partition coefficient (Wildman–Crippen LogP) is 2.48. The lowest BCUT2D eigenvalue weighted by Crippen LogP contribution is -2.22. The van der Waals surface area contributed by atoms with Crippen molar-refractivity contribution in [2.45, 2.75) is 11.8 Å². The summed E-state index contributed by atoms with van der Waals surface area (Å²) in [6.45, 7) is 2.33. The van der Waals surface area contributed by atoms with Crippen LogP contribution in [0.2, 0.25) is 0 Å². The Morgan fingerprint density at radius 1 is 0.960 bits per heavy atom. The first kappa shape index (κ1) is 19.0. The molecule has 7 heteroatoms. The summed E-state index contributed by atoms with van der Waals surface area (Å²) in [5.74, 6) is 0.182. The molecular weight excluding hydrogens is 342 g/mol. The minimum Gasteiger partial charge on any atom is -0.490 e. The van der Waals surface area contributed by atoms with Crippen LogP contribution in [0.25, 0.3) is 0 Å². The van der Waals surface area contributed by atoms with E-state index < -0.39 is 16.0 Å². The molecule has 0 heterocycles. The number of nitrogens with zero attached hydrogens (tertiary/aromatic N) is 1. The number of esters is 1. The van der Waals surface area contributed by atoms with E-state index in [4.69, 9.17) is 9.47 Å². The molecule has 2 rings (SSSR count). The van der Waals surface area contributed by atoms with Crippen molar-refractivity contribution in [3.63, 3.8) is 0 Å². The average molecular weight is 363 g/mol. The van der Waals surface area contributed by atoms with Crippen LogP contribution in [0, 0.1) is 6.92 Å². The summed E-state index contributed by atoms with van der Waals surface area (Å²) in [6, 6.07) is 13.2. The lowest BCUT2D eigenvalue weighted by atomic mass is 10.2. The van der Waals surface area contributed by atoms with Crippen LogP contribution in [0.15, 0.2) is 53.4 Å². The van der Waals surface area contributed by atoms with E-state index in [1.54, 1.807) is 0 Å². The lowest BCUT2D eigenvalue weighted by Gasteiger charge is -2.11. The van der Waals surface area contributed by atoms with Crippen LogP contribution in [-0.2, 0) is 14.8 Å². The predicted molar refractivity (Wildman–Crippen MR) is 94.3 cm³/mol. The molecule has 0 saturated carbocycles. The van der Waals surface area contributed by atoms with Crippen LogP contribution in [0.3, 0.4) is 0 Å². The Kier molecular flexibility index (Phi) is 6.17. The van der Waals surface area contributed by atoms with E-state index in [1.165, 1.54) is 38.4 Å². The Labute approximate surface area is 148 Å². The minimum absolute atomic E-state index is 0.102. The van der Waals surface area contributed by atoms with Gasteiger partial charge in [-0.15, -0.1) is 0 Å². The highest BCUT2D eigenvalue weighted by molar-refractivity contribution is 7.89. The maximum absolute atomic E-state index is 12.0. The van der Waals surface area contributed by atoms with Crippen molar-refractivity contribution in [3.8, 4) is 5.75 Å². The summed E-state index contributed by atoms with van der Waals surface area (Å²) in [6.07, 6.45) is 0. The molecular formula is C18H21NO5S. The van der Waals surface area contributed by atoms with Crippen LogP contribution in [0.1, 0.15) is 15.9 Å². The number of ether oxygens (including phenoxy) is 2. The van der Waals surface area contributed by atoms with Gasteiger partial charge in [0, 0.05) is 14.1 Å². The Morgan fingerprint density at radius 2 is 1.56 bits per heavy atom. The Hall–Kier alpha value is -2.38. The van der Waals surface area contributed by atoms with Crippen molar-refractivity contribution in [2.75, 3.05) is 27.3 Å². The molecule has 0 amide bonds. The van der Waals surface area contributed by atoms with Gasteiger partial charge in [-0.3, -0.25) is 0 Å². The Bertz CT molecular complexity index is 812. The zero-order valence-electron chi connectivity index (χ0n) is 14.4. The molecule has 0 saturated heterocycles. The van der Waals surface area contributed by atoms with Crippen molar-refractivity contribution in [1.82, 2.24) is 4.31 Å². The third-order valence-corrected chi connectivity index (χ3v) is 5.30. The van der Waals surface area contributed by atoms with Gasteiger partial charge in [0.1, 0.15) is 19.0 Å². The monoisotopic (exact) mass is 363 g/mol. The summed E-state index contributed by atoms with van der Waals surface area (Å²) < 4.78 is 35.7. The molecule has 0 spiro atoms. The number of carbonyl (C=O) groups is 1. The van der Waals surface area contributed by atoms with E-state index in [0.29, 0.717) is 5.75 Å². The van der Waals surface area contributed by atoms with Gasteiger partial charge in [0.05, 0.1) is 10.5 Å². The fourth-order valence-electron chi connectivity index (χ4n) is 1.99. The smallest absolute Gasteiger partial charge is 0.338 e. The molecule has 2 aromatic carbocycles. The molecule has 0 radical (unpaired) electrons. The number of hydrogen-bond acceptors (Lipinski definition) is 5. The molecule has 0 aliphatic rings. The summed E-state index contributed by atoms with van der Waals surface area (Å²) in [5.41, 5.74) is 1.42. The molecule has 0 fully saturated rings. The number of aryl methyl sites for hydroxylation is 1. The average Bonchev–Trinajstić information content (AvgIpc) is 2.60. The minimum atomic E-state index is -3.51. The van der Waals surface area contributed by atoms with Crippen LogP contribution >= 0.6 is 0 Å². The van der Waals surface area contributed by atoms with Crippen LogP contribution in [0.5, 0.6) is 5.75 Å². The highest BCUT2D eigenvalue weighted by atomic mass is 32.2. The first-order chi connectivity index (χ1) is 11.8. The molecule has 0 aliphatic carbocycles. The molecule has 0 bridgehead atoms. The van der Waals surface area contributed by atoms with Crippen molar-refractivity contribution in [1.29, 1.82) is 0 Å². The SMILES string of the molecule is Cc1ccc(OCCOC(=O)c2ccc(S(=O)(=O)N(C)C)cc2)cc1. The second-order valence-corrected chi connectivity index (χ2v) is 7.76. The molecule has 2 aromatic rings. The van der Waals surface area contributed by atoms with Crippen molar-refractivity contribution < 1.29 is 22.7 Å². The molecule has 6 nitrogen and oxygen atoms in total. The van der Waals surface area contributed by atoms with Crippen LogP contribution < -0.4 is 4.74 Å². The topological polar surface area (TPSA) is 72.9 Å². The maximum Gasteiger partial charge on any atom is 0.338 e. The number of rotatable bonds is 7. The highest BCUT2D eigenvalue weighted by Crippen LogP contribution is 2.15. The van der Waals surface area contributed by atoms with Crippen molar-refractivity contribution >= 4 is 16.0 Å². The van der Waals surface area contributed by atoms with Gasteiger partial charge < -0.3 is 9.47 Å². The van der Waals surface area contributed by atoms with Gasteiger partial charge in [-0.1, -0.05) is 17.7 Å². The summed E-state index contributed by atoms with van der Waals surface area (Å²) in [4.78, 5) is 12.1. The van der Waals surface area contributed by atoms with Crippen molar-refractivity contribution in [2.24, 2.45) is 0 Å². The first-order valence-electron chi connectivity index (χ1n) is 7.70. The molecule has 25 heavy (non-hydrogen) atoms. The molecule has 0 unspecified atom stereocenters. The standard InChI is InChI=1S/C18H21NO5S/c1-14-4-8-16(9-5-14)23-12-13-24-18(20)15-6-10-17(11-7-15)25(21,22)19(2)3/h4-11H,12-13H2,1-3H3. The second-order valence-electron chi connectivity index (χ2n) is 5.61. The van der Waals surface area contributed by atoms with Gasteiger partial charge in [-0.05, 0) is 43.3 Å². The number of hydrogen-bond donors (Lipinski definition) is 0. The zero-order chi connectivity index (χ0) is 18.4. The van der Waals surface area contributed by atoms with Gasteiger partial charge in [0.25, 0.3) is 0 Å². The molecule has 0 aliphatic heterocycles. The Morgan fingerprint density at radius 3 is 2.12 bits per heavy atom. The summed E-state index contributed by atoms with van der Waals surface area (Å²) in [7, 11) is -0.613. The van der Waals surface area contributed by atoms with Gasteiger partial charge in [-0.25, -0.2) is 17.5 Å². The van der Waals surface area contributed by atoms with E-state index in [0.717, 1.165) is 9.87 Å². The second kappa shape index (κ2) is 8.13. The van der Waals surface area contributed by atoms with Gasteiger partial charge in [0.15, 0.2) is 0 Å².